The number of carboxylic acid groups (broad SMARTS) is 1. The number of anilines is 2. The molecule has 1 heterocycles. The number of nitrogens with zero attached hydrogens (tertiary/aromatic N) is 2. The first kappa shape index (κ1) is 21.6. The third-order valence-corrected chi connectivity index (χ3v) is 5.31. The van der Waals surface area contributed by atoms with Crippen molar-refractivity contribution < 1.29 is 19.4 Å². The molecule has 0 unspecified atom stereocenters. The molecule has 0 aliphatic carbocycles. The number of carbonyl (C=O) groups excluding carboxylic acids is 1. The molecule has 1 fully saturated rings. The van der Waals surface area contributed by atoms with E-state index in [9.17, 15) is 14.7 Å². The van der Waals surface area contributed by atoms with E-state index in [1.54, 1.807) is 19.2 Å². The Bertz CT molecular complexity index is 892. The summed E-state index contributed by atoms with van der Waals surface area (Å²) >= 11 is 0. The molecule has 0 atom stereocenters. The van der Waals surface area contributed by atoms with Crippen LogP contribution in [0.15, 0.2) is 42.5 Å². The fourth-order valence-corrected chi connectivity index (χ4v) is 3.69. The van der Waals surface area contributed by atoms with Crippen LogP contribution in [0, 0.1) is 0 Å². The van der Waals surface area contributed by atoms with Crippen molar-refractivity contribution in [2.24, 2.45) is 0 Å². The van der Waals surface area contributed by atoms with Gasteiger partial charge in [0.05, 0.1) is 18.4 Å². The molecule has 1 aliphatic heterocycles. The molecule has 7 heteroatoms. The minimum Gasteiger partial charge on any atom is -0.496 e. The molecule has 1 saturated heterocycles. The molecule has 0 saturated carbocycles. The topological polar surface area (TPSA) is 82.1 Å². The average Bonchev–Trinajstić information content (AvgIpc) is 2.75. The molecule has 3 rings (SSSR count). The first-order valence-electron chi connectivity index (χ1n) is 10.3. The molecule has 2 aromatic carbocycles. The molecule has 2 N–H and O–H groups in total. The predicted octanol–water partition coefficient (Wildman–Crippen LogP) is 3.45. The molecule has 0 aromatic heterocycles. The van der Waals surface area contributed by atoms with Gasteiger partial charge in [0, 0.05) is 50.4 Å². The van der Waals surface area contributed by atoms with Gasteiger partial charge in [-0.05, 0) is 30.7 Å². The van der Waals surface area contributed by atoms with Crippen LogP contribution in [0.2, 0.25) is 0 Å². The van der Waals surface area contributed by atoms with Gasteiger partial charge in [0.1, 0.15) is 5.75 Å². The van der Waals surface area contributed by atoms with Gasteiger partial charge < -0.3 is 20.1 Å². The number of hydrogen-bond donors (Lipinski definition) is 2. The summed E-state index contributed by atoms with van der Waals surface area (Å²) in [6.07, 6.45) is 1.08. The van der Waals surface area contributed by atoms with Crippen LogP contribution >= 0.6 is 0 Å². The molecule has 2 aromatic rings. The van der Waals surface area contributed by atoms with E-state index in [0.717, 1.165) is 49.7 Å². The number of aromatic carboxylic acids is 1. The van der Waals surface area contributed by atoms with Crippen molar-refractivity contribution in [3.05, 3.63) is 53.6 Å². The minimum absolute atomic E-state index is 0.119. The van der Waals surface area contributed by atoms with Gasteiger partial charge in [-0.2, -0.15) is 0 Å². The van der Waals surface area contributed by atoms with Crippen molar-refractivity contribution in [3.63, 3.8) is 0 Å². The lowest BCUT2D eigenvalue weighted by atomic mass is 10.1. The maximum atomic E-state index is 11.9. The molecule has 0 bridgehead atoms. The number of carbonyl (C=O) groups is 2. The lowest BCUT2D eigenvalue weighted by Crippen LogP contribution is -2.46. The summed E-state index contributed by atoms with van der Waals surface area (Å²) in [6, 6.07) is 13.3. The lowest BCUT2D eigenvalue weighted by molar-refractivity contribution is -0.116. The molecular formula is C23H29N3O4. The van der Waals surface area contributed by atoms with Gasteiger partial charge in [-0.25, -0.2) is 4.79 Å². The zero-order chi connectivity index (χ0) is 21.5. The number of methoxy groups -OCH3 is 1. The zero-order valence-electron chi connectivity index (χ0n) is 17.6. The third-order valence-electron chi connectivity index (χ3n) is 5.31. The molecule has 30 heavy (non-hydrogen) atoms. The Balaban J connectivity index is 1.65. The second kappa shape index (κ2) is 10.1. The SMILES string of the molecule is CCCC(=O)Nc1ccc(N2CCN(Cc3ccccc3OC)CC2)cc1C(=O)O. The predicted molar refractivity (Wildman–Crippen MR) is 117 cm³/mol. The number of hydrogen-bond acceptors (Lipinski definition) is 5. The molecule has 7 nitrogen and oxygen atoms in total. The smallest absolute Gasteiger partial charge is 0.337 e. The van der Waals surface area contributed by atoms with Crippen LogP contribution < -0.4 is 15.0 Å². The first-order chi connectivity index (χ1) is 14.5. The summed E-state index contributed by atoms with van der Waals surface area (Å²) in [7, 11) is 1.69. The summed E-state index contributed by atoms with van der Waals surface area (Å²) < 4.78 is 5.44. The summed E-state index contributed by atoms with van der Waals surface area (Å²) in [5, 5.41) is 12.3. The van der Waals surface area contributed by atoms with Crippen LogP contribution in [0.1, 0.15) is 35.7 Å². The molecule has 0 radical (unpaired) electrons. The first-order valence-corrected chi connectivity index (χ1v) is 10.3. The van der Waals surface area contributed by atoms with Crippen molar-refractivity contribution in [3.8, 4) is 5.75 Å². The second-order valence-electron chi connectivity index (χ2n) is 7.41. The molecule has 1 aliphatic rings. The van der Waals surface area contributed by atoms with Crippen molar-refractivity contribution in [1.29, 1.82) is 0 Å². The van der Waals surface area contributed by atoms with E-state index in [1.165, 1.54) is 0 Å². The fraction of sp³-hybridized carbons (Fsp3) is 0.391. The molecule has 160 valence electrons. The highest BCUT2D eigenvalue weighted by molar-refractivity contribution is 6.01. The highest BCUT2D eigenvalue weighted by Crippen LogP contribution is 2.26. The van der Waals surface area contributed by atoms with Gasteiger partial charge in [-0.1, -0.05) is 25.1 Å². The summed E-state index contributed by atoms with van der Waals surface area (Å²) in [5.74, 6) is -0.317. The van der Waals surface area contributed by atoms with Crippen molar-refractivity contribution in [2.45, 2.75) is 26.3 Å². The van der Waals surface area contributed by atoms with E-state index in [-0.39, 0.29) is 11.5 Å². The van der Waals surface area contributed by atoms with Crippen molar-refractivity contribution in [2.75, 3.05) is 43.5 Å². The number of para-hydroxylation sites is 1. The van der Waals surface area contributed by atoms with Crippen molar-refractivity contribution >= 4 is 23.3 Å². The van der Waals surface area contributed by atoms with E-state index in [2.05, 4.69) is 21.2 Å². The van der Waals surface area contributed by atoms with Crippen LogP contribution in [-0.2, 0) is 11.3 Å². The number of amides is 1. The van der Waals surface area contributed by atoms with Gasteiger partial charge in [-0.3, -0.25) is 9.69 Å². The number of carboxylic acids is 1. The van der Waals surface area contributed by atoms with Crippen molar-refractivity contribution in [1.82, 2.24) is 4.90 Å². The van der Waals surface area contributed by atoms with Crippen LogP contribution in [0.4, 0.5) is 11.4 Å². The van der Waals surface area contributed by atoms with E-state index >= 15 is 0 Å². The van der Waals surface area contributed by atoms with E-state index < -0.39 is 5.97 Å². The molecule has 0 spiro atoms. The van der Waals surface area contributed by atoms with E-state index in [4.69, 9.17) is 4.74 Å². The highest BCUT2D eigenvalue weighted by Gasteiger charge is 2.21. The second-order valence-corrected chi connectivity index (χ2v) is 7.41. The van der Waals surface area contributed by atoms with Gasteiger partial charge in [0.15, 0.2) is 0 Å². The quantitative estimate of drug-likeness (QED) is 0.692. The average molecular weight is 412 g/mol. The standard InChI is InChI=1S/C23H29N3O4/c1-3-6-22(27)24-20-10-9-18(15-19(20)23(28)29)26-13-11-25(12-14-26)16-17-7-4-5-8-21(17)30-2/h4-5,7-10,15H,3,6,11-14,16H2,1-2H3,(H,24,27)(H,28,29). The Morgan fingerprint density at radius 2 is 1.83 bits per heavy atom. The van der Waals surface area contributed by atoms with Crippen LogP contribution in [0.3, 0.4) is 0 Å². The van der Waals surface area contributed by atoms with Gasteiger partial charge in [0.2, 0.25) is 5.91 Å². The van der Waals surface area contributed by atoms with Crippen LogP contribution in [0.25, 0.3) is 0 Å². The van der Waals surface area contributed by atoms with Gasteiger partial charge in [-0.15, -0.1) is 0 Å². The lowest BCUT2D eigenvalue weighted by Gasteiger charge is -2.36. The summed E-state index contributed by atoms with van der Waals surface area (Å²) in [6.45, 7) is 6.07. The number of benzene rings is 2. The maximum Gasteiger partial charge on any atom is 0.337 e. The number of ether oxygens (including phenoxy) is 1. The summed E-state index contributed by atoms with van der Waals surface area (Å²) in [5.41, 5.74) is 2.49. The summed E-state index contributed by atoms with van der Waals surface area (Å²) in [4.78, 5) is 28.1. The van der Waals surface area contributed by atoms with Gasteiger partial charge in [0.25, 0.3) is 0 Å². The Hall–Kier alpha value is -3.06. The van der Waals surface area contributed by atoms with Crippen LogP contribution in [-0.4, -0.2) is 55.2 Å². The number of piperazine rings is 1. The third kappa shape index (κ3) is 5.30. The number of nitrogens with one attached hydrogen (secondary N) is 1. The Labute approximate surface area is 177 Å². The Morgan fingerprint density at radius 3 is 2.50 bits per heavy atom. The number of rotatable bonds is 8. The zero-order valence-corrected chi connectivity index (χ0v) is 17.6. The van der Waals surface area contributed by atoms with E-state index in [1.807, 2.05) is 31.2 Å². The van der Waals surface area contributed by atoms with E-state index in [0.29, 0.717) is 18.5 Å². The van der Waals surface area contributed by atoms with Crippen LogP contribution in [0.5, 0.6) is 5.75 Å². The molecule has 1 amide bonds. The Kier molecular flexibility index (Phi) is 7.30. The normalized spacial score (nSPS) is 14.4. The van der Waals surface area contributed by atoms with Gasteiger partial charge >= 0.3 is 5.97 Å². The highest BCUT2D eigenvalue weighted by atomic mass is 16.5. The minimum atomic E-state index is -1.04. The monoisotopic (exact) mass is 411 g/mol. The largest absolute Gasteiger partial charge is 0.496 e. The molecular weight excluding hydrogens is 382 g/mol. The fourth-order valence-electron chi connectivity index (χ4n) is 3.69. The Morgan fingerprint density at radius 1 is 1.10 bits per heavy atom. The maximum absolute atomic E-state index is 11.9.